The number of hydrogen-bond donors (Lipinski definition) is 0. The van der Waals surface area contributed by atoms with Crippen LogP contribution in [0.4, 0.5) is 5.82 Å². The van der Waals surface area contributed by atoms with Crippen LogP contribution < -0.4 is 9.64 Å². The number of anilines is 1. The monoisotopic (exact) mass is 641 g/mol. The summed E-state index contributed by atoms with van der Waals surface area (Å²) >= 11 is 1.56. The van der Waals surface area contributed by atoms with Gasteiger partial charge in [0.25, 0.3) is 0 Å². The van der Waals surface area contributed by atoms with Crippen LogP contribution in [0, 0.1) is 0 Å². The molecule has 2 aliphatic heterocycles. The van der Waals surface area contributed by atoms with E-state index in [4.69, 9.17) is 33.7 Å². The van der Waals surface area contributed by atoms with E-state index in [1.165, 1.54) is 12.8 Å². The van der Waals surface area contributed by atoms with E-state index in [-0.39, 0.29) is 17.4 Å². The number of benzene rings is 1. The van der Waals surface area contributed by atoms with Gasteiger partial charge in [0.15, 0.2) is 19.7 Å². The van der Waals surface area contributed by atoms with Crippen molar-refractivity contribution in [2.45, 2.75) is 102 Å². The molecule has 3 aromatic rings. The molecule has 0 saturated carbocycles. The maximum atomic E-state index is 6.36. The van der Waals surface area contributed by atoms with Gasteiger partial charge in [0, 0.05) is 44.4 Å². The topological polar surface area (TPSA) is 83.8 Å². The highest BCUT2D eigenvalue weighted by Crippen LogP contribution is 2.37. The van der Waals surface area contributed by atoms with E-state index in [9.17, 15) is 0 Å². The van der Waals surface area contributed by atoms with Crippen LogP contribution in [0.5, 0.6) is 5.75 Å². The molecule has 44 heavy (non-hydrogen) atoms. The van der Waals surface area contributed by atoms with Gasteiger partial charge in [-0.05, 0) is 88.0 Å². The molecule has 1 aromatic carbocycles. The number of hydrogen-bond acceptors (Lipinski definition) is 9. The van der Waals surface area contributed by atoms with Crippen LogP contribution in [-0.4, -0.2) is 79.9 Å². The van der Waals surface area contributed by atoms with Gasteiger partial charge in [-0.15, -0.1) is 0 Å². The Morgan fingerprint density at radius 2 is 1.86 bits per heavy atom. The lowest BCUT2D eigenvalue weighted by Crippen LogP contribution is -2.41. The summed E-state index contributed by atoms with van der Waals surface area (Å²) < 4.78 is 26.8. The first-order valence-electron chi connectivity index (χ1n) is 16.3. The molecule has 2 aromatic heterocycles. The second-order valence-electron chi connectivity index (χ2n) is 13.6. The lowest BCUT2D eigenvalue weighted by Gasteiger charge is -2.36. The van der Waals surface area contributed by atoms with Crippen molar-refractivity contribution in [2.75, 3.05) is 50.7 Å². The molecule has 2 saturated heterocycles. The van der Waals surface area contributed by atoms with Crippen molar-refractivity contribution in [1.82, 2.24) is 19.7 Å². The molecule has 0 spiro atoms. The molecule has 242 valence electrons. The van der Waals surface area contributed by atoms with E-state index in [1.807, 2.05) is 23.9 Å². The zero-order chi connectivity index (χ0) is 31.3. The van der Waals surface area contributed by atoms with E-state index in [0.717, 1.165) is 91.0 Å². The summed E-state index contributed by atoms with van der Waals surface area (Å²) in [6.45, 7) is 18.1. The van der Waals surface area contributed by atoms with Crippen LogP contribution in [0.1, 0.15) is 72.4 Å². The van der Waals surface area contributed by atoms with Crippen LogP contribution in [-0.2, 0) is 13.9 Å². The van der Waals surface area contributed by atoms with Gasteiger partial charge in [0.1, 0.15) is 23.4 Å². The number of aromatic nitrogens is 4. The fraction of sp³-hybridized carbons (Fsp3) is 0.667. The lowest BCUT2D eigenvalue weighted by molar-refractivity contribution is -0.0365. The largest absolute Gasteiger partial charge is 0.488 e. The van der Waals surface area contributed by atoms with Gasteiger partial charge in [0.2, 0.25) is 0 Å². The van der Waals surface area contributed by atoms with Crippen LogP contribution in [0.3, 0.4) is 0 Å². The summed E-state index contributed by atoms with van der Waals surface area (Å²) in [6, 6.07) is 8.32. The van der Waals surface area contributed by atoms with E-state index in [1.54, 1.807) is 11.8 Å². The fourth-order valence-corrected chi connectivity index (χ4v) is 6.93. The van der Waals surface area contributed by atoms with Crippen molar-refractivity contribution in [3.05, 3.63) is 24.3 Å². The van der Waals surface area contributed by atoms with Crippen LogP contribution in [0.15, 0.2) is 29.4 Å². The quantitative estimate of drug-likeness (QED) is 0.0806. The van der Waals surface area contributed by atoms with E-state index < -0.39 is 8.32 Å². The maximum Gasteiger partial charge on any atom is 0.191 e. The van der Waals surface area contributed by atoms with Crippen LogP contribution >= 0.6 is 11.8 Å². The minimum absolute atomic E-state index is 0.0837. The molecule has 9 nitrogen and oxygen atoms in total. The highest BCUT2D eigenvalue weighted by Gasteiger charge is 2.36. The van der Waals surface area contributed by atoms with Gasteiger partial charge < -0.3 is 23.5 Å². The number of rotatable bonds is 13. The molecule has 0 N–H and O–H groups in total. The first kappa shape index (κ1) is 33.2. The Kier molecular flexibility index (Phi) is 10.9. The number of fused-ring (bicyclic) bond motifs is 1. The highest BCUT2D eigenvalue weighted by atomic mass is 32.2. The summed E-state index contributed by atoms with van der Waals surface area (Å²) in [5.74, 6) is 1.76. The molecule has 11 heteroatoms. The zero-order valence-corrected chi connectivity index (χ0v) is 29.5. The Bertz CT molecular complexity index is 1380. The Balaban J connectivity index is 1.32. The van der Waals surface area contributed by atoms with Gasteiger partial charge in [-0.2, -0.15) is 5.10 Å². The SMILES string of the molecule is CSc1nc(-c2nn(C3CCCCO3)c3ccc(O[C@@H](C)COCCCO[Si](C)(C)C(C)(C)C)cc23)cc(N2CCCC2)n1. The Morgan fingerprint density at radius 1 is 1.07 bits per heavy atom. The predicted molar refractivity (Wildman–Crippen MR) is 182 cm³/mol. The van der Waals surface area contributed by atoms with Crippen molar-refractivity contribution < 1.29 is 18.6 Å². The standard InChI is InChI=1S/C33H51N5O4SSi/c1-24(23-39-18-12-20-41-44(6,7)33(2,3)4)42-25-14-15-28-26(21-25)31(36-38(28)30-13-8-11-19-40-30)27-22-29(35-32(34-27)43-5)37-16-9-10-17-37/h14-15,21-22,24,30H,8-13,16-20,23H2,1-7H3/t24-,30?/m0/s1. The van der Waals surface area contributed by atoms with Gasteiger partial charge in [-0.3, -0.25) is 0 Å². The molecule has 2 aliphatic rings. The molecule has 2 atom stereocenters. The van der Waals surface area contributed by atoms with E-state index >= 15 is 0 Å². The third-order valence-electron chi connectivity index (χ3n) is 9.05. The van der Waals surface area contributed by atoms with E-state index in [0.29, 0.717) is 13.2 Å². The minimum Gasteiger partial charge on any atom is -0.488 e. The molecule has 5 rings (SSSR count). The number of ether oxygens (including phenoxy) is 3. The summed E-state index contributed by atoms with van der Waals surface area (Å²) in [4.78, 5) is 12.1. The predicted octanol–water partition coefficient (Wildman–Crippen LogP) is 7.71. The summed E-state index contributed by atoms with van der Waals surface area (Å²) in [6.07, 6.45) is 8.28. The van der Waals surface area contributed by atoms with Gasteiger partial charge in [-0.1, -0.05) is 32.5 Å². The molecular formula is C33H51N5O4SSi. The van der Waals surface area contributed by atoms with Gasteiger partial charge in [-0.25, -0.2) is 14.6 Å². The Hall–Kier alpha value is -2.18. The van der Waals surface area contributed by atoms with Crippen molar-refractivity contribution in [2.24, 2.45) is 0 Å². The molecule has 0 amide bonds. The van der Waals surface area contributed by atoms with Crippen molar-refractivity contribution in [3.8, 4) is 17.1 Å². The average Bonchev–Trinajstić information content (AvgIpc) is 3.67. The zero-order valence-electron chi connectivity index (χ0n) is 27.7. The minimum atomic E-state index is -1.72. The molecule has 0 radical (unpaired) electrons. The average molecular weight is 642 g/mol. The van der Waals surface area contributed by atoms with Crippen molar-refractivity contribution >= 4 is 36.8 Å². The molecular weight excluding hydrogens is 591 g/mol. The van der Waals surface area contributed by atoms with Crippen molar-refractivity contribution in [1.29, 1.82) is 0 Å². The molecule has 0 aliphatic carbocycles. The third kappa shape index (κ3) is 7.96. The van der Waals surface area contributed by atoms with Crippen molar-refractivity contribution in [3.63, 3.8) is 0 Å². The number of nitrogens with zero attached hydrogens (tertiary/aromatic N) is 5. The fourth-order valence-electron chi connectivity index (χ4n) is 5.47. The molecule has 1 unspecified atom stereocenters. The number of thioether (sulfide) groups is 1. The van der Waals surface area contributed by atoms with E-state index in [2.05, 4.69) is 57.0 Å². The highest BCUT2D eigenvalue weighted by molar-refractivity contribution is 7.98. The summed E-state index contributed by atoms with van der Waals surface area (Å²) in [5.41, 5.74) is 2.69. The Morgan fingerprint density at radius 3 is 2.57 bits per heavy atom. The van der Waals surface area contributed by atoms with Gasteiger partial charge >= 0.3 is 0 Å². The Labute approximate surface area is 268 Å². The maximum absolute atomic E-state index is 6.36. The second kappa shape index (κ2) is 14.5. The molecule has 0 bridgehead atoms. The first-order valence-corrected chi connectivity index (χ1v) is 20.4. The summed E-state index contributed by atoms with van der Waals surface area (Å²) in [7, 11) is -1.72. The lowest BCUT2D eigenvalue weighted by atomic mass is 10.1. The molecule has 2 fully saturated rings. The van der Waals surface area contributed by atoms with Gasteiger partial charge in [0.05, 0.1) is 17.8 Å². The third-order valence-corrected chi connectivity index (χ3v) is 14.1. The van der Waals surface area contributed by atoms with Crippen LogP contribution in [0.25, 0.3) is 22.3 Å². The normalized spacial score (nSPS) is 18.7. The smallest absolute Gasteiger partial charge is 0.191 e. The molecule has 4 heterocycles. The summed E-state index contributed by atoms with van der Waals surface area (Å²) in [5, 5.41) is 7.13. The first-order chi connectivity index (χ1) is 21.1. The van der Waals surface area contributed by atoms with Crippen LogP contribution in [0.2, 0.25) is 18.1 Å². The second-order valence-corrected chi connectivity index (χ2v) is 19.1.